The average molecular weight is 285 g/mol. The molecule has 2 heteroatoms. The highest BCUT2D eigenvalue weighted by Crippen LogP contribution is 2.36. The van der Waals surface area contributed by atoms with Crippen molar-refractivity contribution in [3.8, 4) is 11.1 Å². The maximum atomic E-state index is 13.6. The Balaban J connectivity index is 2.79. The molecular weight excluding hydrogens is 261 g/mol. The van der Waals surface area contributed by atoms with E-state index >= 15 is 0 Å². The molecule has 0 aromatic heterocycles. The Morgan fingerprint density at radius 1 is 0.857 bits per heavy atom. The lowest BCUT2D eigenvalue weighted by molar-refractivity contribution is 0.624. The van der Waals surface area contributed by atoms with Crippen LogP contribution in [0.5, 0.6) is 0 Å². The van der Waals surface area contributed by atoms with E-state index in [4.69, 9.17) is 0 Å². The van der Waals surface area contributed by atoms with E-state index in [2.05, 4.69) is 39.9 Å². The molecule has 0 unspecified atom stereocenters. The molecule has 0 saturated carbocycles. The molecule has 0 aliphatic heterocycles. The molecule has 0 amide bonds. The Morgan fingerprint density at radius 3 is 1.90 bits per heavy atom. The first-order valence-electron chi connectivity index (χ1n) is 7.38. The quantitative estimate of drug-likeness (QED) is 0.857. The number of hydrogen-bond donors (Lipinski definition) is 1. The fraction of sp³-hybridized carbons (Fsp3) is 0.368. The summed E-state index contributed by atoms with van der Waals surface area (Å²) in [7, 11) is 1.89. The molecule has 1 N–H and O–H groups in total. The van der Waals surface area contributed by atoms with E-state index in [1.54, 1.807) is 12.1 Å². The maximum absolute atomic E-state index is 13.6. The summed E-state index contributed by atoms with van der Waals surface area (Å²) in [6.07, 6.45) is 0. The van der Waals surface area contributed by atoms with Crippen molar-refractivity contribution < 1.29 is 4.39 Å². The fourth-order valence-corrected chi connectivity index (χ4v) is 3.05. The SMILES string of the molecule is CNCc1cc(F)ccc1-c1c(C)c(C)c(C)c(C)c1C. The third-order valence-corrected chi connectivity index (χ3v) is 4.70. The van der Waals surface area contributed by atoms with Crippen molar-refractivity contribution in [3.05, 3.63) is 57.4 Å². The Labute approximate surface area is 127 Å². The van der Waals surface area contributed by atoms with Crippen molar-refractivity contribution in [2.75, 3.05) is 7.05 Å². The summed E-state index contributed by atoms with van der Waals surface area (Å²) in [6.45, 7) is 11.5. The van der Waals surface area contributed by atoms with E-state index in [-0.39, 0.29) is 5.82 Å². The lowest BCUT2D eigenvalue weighted by Crippen LogP contribution is -2.08. The van der Waals surface area contributed by atoms with E-state index in [0.717, 1.165) is 11.1 Å². The molecule has 0 spiro atoms. The third-order valence-electron chi connectivity index (χ3n) is 4.70. The molecule has 0 bridgehead atoms. The molecule has 0 radical (unpaired) electrons. The van der Waals surface area contributed by atoms with Crippen LogP contribution < -0.4 is 5.32 Å². The lowest BCUT2D eigenvalue weighted by atomic mass is 9.85. The molecule has 0 saturated heterocycles. The highest BCUT2D eigenvalue weighted by Gasteiger charge is 2.16. The summed E-state index contributed by atoms with van der Waals surface area (Å²) in [5.41, 5.74) is 9.98. The third kappa shape index (κ3) is 2.73. The van der Waals surface area contributed by atoms with Crippen molar-refractivity contribution in [2.45, 2.75) is 41.2 Å². The van der Waals surface area contributed by atoms with Gasteiger partial charge in [-0.2, -0.15) is 0 Å². The monoisotopic (exact) mass is 285 g/mol. The summed E-state index contributed by atoms with van der Waals surface area (Å²) in [5, 5.41) is 3.13. The molecule has 0 atom stereocenters. The van der Waals surface area contributed by atoms with Gasteiger partial charge in [-0.3, -0.25) is 0 Å². The first-order chi connectivity index (χ1) is 9.88. The topological polar surface area (TPSA) is 12.0 Å². The summed E-state index contributed by atoms with van der Waals surface area (Å²) < 4.78 is 13.6. The van der Waals surface area contributed by atoms with Gasteiger partial charge in [0, 0.05) is 6.54 Å². The fourth-order valence-electron chi connectivity index (χ4n) is 3.05. The van der Waals surface area contributed by atoms with Gasteiger partial charge in [-0.25, -0.2) is 4.39 Å². The minimum Gasteiger partial charge on any atom is -0.316 e. The maximum Gasteiger partial charge on any atom is 0.123 e. The zero-order valence-electron chi connectivity index (χ0n) is 13.8. The number of hydrogen-bond acceptors (Lipinski definition) is 1. The van der Waals surface area contributed by atoms with Crippen LogP contribution in [0.2, 0.25) is 0 Å². The van der Waals surface area contributed by atoms with Gasteiger partial charge in [-0.15, -0.1) is 0 Å². The average Bonchev–Trinajstić information content (AvgIpc) is 2.46. The van der Waals surface area contributed by atoms with Crippen molar-refractivity contribution >= 4 is 0 Å². The first kappa shape index (κ1) is 15.7. The van der Waals surface area contributed by atoms with Crippen molar-refractivity contribution in [2.24, 2.45) is 0 Å². The second-order valence-corrected chi connectivity index (χ2v) is 5.83. The highest BCUT2D eigenvalue weighted by atomic mass is 19.1. The minimum absolute atomic E-state index is 0.181. The smallest absolute Gasteiger partial charge is 0.123 e. The van der Waals surface area contributed by atoms with Crippen LogP contribution in [0.3, 0.4) is 0 Å². The molecule has 112 valence electrons. The van der Waals surface area contributed by atoms with Crippen LogP contribution >= 0.6 is 0 Å². The van der Waals surface area contributed by atoms with E-state index in [1.165, 1.54) is 33.4 Å². The normalized spacial score (nSPS) is 11.0. The molecule has 0 heterocycles. The summed E-state index contributed by atoms with van der Waals surface area (Å²) in [4.78, 5) is 0. The summed E-state index contributed by atoms with van der Waals surface area (Å²) in [5.74, 6) is -0.181. The number of rotatable bonds is 3. The zero-order chi connectivity index (χ0) is 15.7. The van der Waals surface area contributed by atoms with Crippen LogP contribution in [0.1, 0.15) is 33.4 Å². The van der Waals surface area contributed by atoms with Crippen LogP contribution in [0, 0.1) is 40.4 Å². The van der Waals surface area contributed by atoms with Gasteiger partial charge < -0.3 is 5.32 Å². The predicted octanol–water partition coefficient (Wildman–Crippen LogP) is 4.75. The summed E-state index contributed by atoms with van der Waals surface area (Å²) >= 11 is 0. The van der Waals surface area contributed by atoms with Crippen LogP contribution in [0.4, 0.5) is 4.39 Å². The molecule has 0 fully saturated rings. The Morgan fingerprint density at radius 2 is 1.38 bits per heavy atom. The van der Waals surface area contributed by atoms with Crippen LogP contribution in [0.25, 0.3) is 11.1 Å². The van der Waals surface area contributed by atoms with Gasteiger partial charge >= 0.3 is 0 Å². The van der Waals surface area contributed by atoms with E-state index < -0.39 is 0 Å². The van der Waals surface area contributed by atoms with Crippen molar-refractivity contribution in [1.82, 2.24) is 5.32 Å². The van der Waals surface area contributed by atoms with Crippen LogP contribution in [-0.4, -0.2) is 7.05 Å². The molecule has 2 aromatic carbocycles. The van der Waals surface area contributed by atoms with Crippen molar-refractivity contribution in [3.63, 3.8) is 0 Å². The summed E-state index contributed by atoms with van der Waals surface area (Å²) in [6, 6.07) is 5.10. The van der Waals surface area contributed by atoms with Crippen molar-refractivity contribution in [1.29, 1.82) is 0 Å². The van der Waals surface area contributed by atoms with Gasteiger partial charge in [0.05, 0.1) is 0 Å². The predicted molar refractivity (Wildman–Crippen MR) is 88.3 cm³/mol. The molecule has 1 nitrogen and oxygen atoms in total. The highest BCUT2D eigenvalue weighted by molar-refractivity contribution is 5.77. The van der Waals surface area contributed by atoms with Crippen LogP contribution in [0.15, 0.2) is 18.2 Å². The second-order valence-electron chi connectivity index (χ2n) is 5.83. The standard InChI is InChI=1S/C19H24FN/c1-11-12(2)14(4)19(15(5)13(11)3)18-8-7-17(20)9-16(18)10-21-6/h7-9,21H,10H2,1-6H3. The number of halogens is 1. The Kier molecular flexibility index (Phi) is 4.48. The molecule has 0 aliphatic rings. The van der Waals surface area contributed by atoms with Gasteiger partial charge in [0.25, 0.3) is 0 Å². The molecular formula is C19H24FN. The number of benzene rings is 2. The van der Waals surface area contributed by atoms with Gasteiger partial charge in [-0.05, 0) is 98.3 Å². The van der Waals surface area contributed by atoms with Gasteiger partial charge in [0.2, 0.25) is 0 Å². The largest absolute Gasteiger partial charge is 0.316 e. The van der Waals surface area contributed by atoms with Gasteiger partial charge in [-0.1, -0.05) is 6.07 Å². The van der Waals surface area contributed by atoms with Gasteiger partial charge in [0.1, 0.15) is 5.82 Å². The van der Waals surface area contributed by atoms with Crippen LogP contribution in [-0.2, 0) is 6.54 Å². The Bertz CT molecular complexity index is 657. The molecule has 2 aromatic rings. The van der Waals surface area contributed by atoms with E-state index in [9.17, 15) is 4.39 Å². The Hall–Kier alpha value is -1.67. The lowest BCUT2D eigenvalue weighted by Gasteiger charge is -2.21. The van der Waals surface area contributed by atoms with E-state index in [0.29, 0.717) is 6.54 Å². The zero-order valence-corrected chi connectivity index (χ0v) is 13.8. The van der Waals surface area contributed by atoms with Gasteiger partial charge in [0.15, 0.2) is 0 Å². The minimum atomic E-state index is -0.181. The molecule has 0 aliphatic carbocycles. The number of nitrogens with one attached hydrogen (secondary N) is 1. The second kappa shape index (κ2) is 5.98. The first-order valence-corrected chi connectivity index (χ1v) is 7.38. The molecule has 21 heavy (non-hydrogen) atoms. The molecule has 2 rings (SSSR count). The van der Waals surface area contributed by atoms with E-state index in [1.807, 2.05) is 13.1 Å².